The van der Waals surface area contributed by atoms with E-state index in [4.69, 9.17) is 0 Å². The number of anilines is 3. The molecule has 2 bridgehead atoms. The Morgan fingerprint density at radius 2 is 1.92 bits per heavy atom. The molecule has 2 aliphatic heterocycles. The van der Waals surface area contributed by atoms with E-state index in [1.807, 2.05) is 0 Å². The van der Waals surface area contributed by atoms with Crippen molar-refractivity contribution in [2.75, 3.05) is 21.2 Å². The van der Waals surface area contributed by atoms with E-state index in [9.17, 15) is 31.1 Å². The first-order valence-electron chi connectivity index (χ1n) is 11.7. The third-order valence-electron chi connectivity index (χ3n) is 7.53. The predicted molar refractivity (Wildman–Crippen MR) is 135 cm³/mol. The predicted octanol–water partition coefficient (Wildman–Crippen LogP) is 2.98. The number of nitrogens with one attached hydrogen (secondary N) is 2. The van der Waals surface area contributed by atoms with Gasteiger partial charge in [-0.05, 0) is 67.5 Å². The van der Waals surface area contributed by atoms with Gasteiger partial charge in [-0.1, -0.05) is 6.07 Å². The summed E-state index contributed by atoms with van der Waals surface area (Å²) in [7, 11) is -8.02. The first-order valence-corrected chi connectivity index (χ1v) is 15.0. The maximum atomic E-state index is 14.2. The van der Waals surface area contributed by atoms with Gasteiger partial charge in [0.15, 0.2) is 5.84 Å². The summed E-state index contributed by atoms with van der Waals surface area (Å²) < 4.78 is 69.6. The van der Waals surface area contributed by atoms with Crippen LogP contribution in [0.1, 0.15) is 19.3 Å². The van der Waals surface area contributed by atoms with E-state index in [2.05, 4.69) is 14.4 Å². The normalized spacial score (nSPS) is 27.9. The first kappa shape index (κ1) is 23.9. The Kier molecular flexibility index (Phi) is 5.19. The molecule has 4 atom stereocenters. The molecule has 0 saturated heterocycles. The molecule has 4 aliphatic rings. The number of sulfonamides is 2. The van der Waals surface area contributed by atoms with Gasteiger partial charge >= 0.3 is 0 Å². The number of aliphatic hydroxyl groups is 1. The molecule has 2 saturated carbocycles. The Balaban J connectivity index is 1.46. The summed E-state index contributed by atoms with van der Waals surface area (Å²) in [5.41, 5.74) is 0.159. The van der Waals surface area contributed by atoms with Crippen LogP contribution in [0.3, 0.4) is 0 Å². The van der Waals surface area contributed by atoms with E-state index in [0.717, 1.165) is 31.6 Å². The van der Waals surface area contributed by atoms with Crippen LogP contribution in [0.4, 0.5) is 21.5 Å². The highest BCUT2D eigenvalue weighted by molar-refractivity contribution is 7.92. The fraction of sp³-hybridized carbons (Fsp3) is 0.333. The van der Waals surface area contributed by atoms with Gasteiger partial charge in [-0.15, -0.1) is 4.40 Å². The number of hydrogen-bond donors (Lipinski definition) is 3. The van der Waals surface area contributed by atoms with E-state index in [1.165, 1.54) is 35.2 Å². The van der Waals surface area contributed by atoms with Crippen LogP contribution in [-0.4, -0.2) is 46.0 Å². The van der Waals surface area contributed by atoms with Crippen LogP contribution in [0, 0.1) is 23.6 Å². The number of aliphatic hydroxyl groups excluding tert-OH is 1. The van der Waals surface area contributed by atoms with Gasteiger partial charge < -0.3 is 15.3 Å². The van der Waals surface area contributed by atoms with Crippen molar-refractivity contribution in [2.45, 2.75) is 30.2 Å². The summed E-state index contributed by atoms with van der Waals surface area (Å²) >= 11 is 0. The number of amides is 1. The van der Waals surface area contributed by atoms with Crippen molar-refractivity contribution in [1.82, 2.24) is 0 Å². The molecule has 37 heavy (non-hydrogen) atoms. The molecule has 2 heterocycles. The Morgan fingerprint density at radius 1 is 1.16 bits per heavy atom. The zero-order valence-corrected chi connectivity index (χ0v) is 21.2. The van der Waals surface area contributed by atoms with Crippen molar-refractivity contribution < 1.29 is 31.1 Å². The summed E-state index contributed by atoms with van der Waals surface area (Å²) in [5.74, 6) is -1.92. The minimum absolute atomic E-state index is 0.0307. The lowest BCUT2D eigenvalue weighted by atomic mass is 9.77. The first-order chi connectivity index (χ1) is 17.4. The van der Waals surface area contributed by atoms with Crippen LogP contribution in [-0.2, 0) is 24.8 Å². The number of carbonyl (C=O) groups excluding carboxylic acids is 1. The minimum Gasteiger partial charge on any atom is -0.511 e. The molecular weight excluding hydrogens is 523 g/mol. The minimum atomic E-state index is -4.37. The van der Waals surface area contributed by atoms with Crippen molar-refractivity contribution in [3.8, 4) is 0 Å². The standard InChI is InChI=1S/C24H23FN4O6S2/c1-36(32,33)27-15-7-8-17-18(11-15)37(34,35)28-23(26-17)20-22(30)19-12-5-6-13(9-12)21(19)29(24(20)31)16-4-2-3-14(25)10-16/h2-4,7-8,10-13,19,21,27,30H,5-6,9H2,1H3,(H,26,28)/t12-,13+,19+,21-/m0/s1. The van der Waals surface area contributed by atoms with Crippen LogP contribution in [0.5, 0.6) is 0 Å². The second kappa shape index (κ2) is 8.02. The van der Waals surface area contributed by atoms with E-state index < -0.39 is 37.7 Å². The van der Waals surface area contributed by atoms with Gasteiger partial charge in [0.25, 0.3) is 15.9 Å². The Hall–Kier alpha value is -3.45. The second-order valence-electron chi connectivity index (χ2n) is 9.89. The number of fused-ring (bicyclic) bond motifs is 6. The molecule has 2 aromatic carbocycles. The molecule has 194 valence electrons. The quantitative estimate of drug-likeness (QED) is 0.535. The fourth-order valence-electron chi connectivity index (χ4n) is 6.23. The largest absolute Gasteiger partial charge is 0.511 e. The summed E-state index contributed by atoms with van der Waals surface area (Å²) in [6.07, 6.45) is 3.50. The summed E-state index contributed by atoms with van der Waals surface area (Å²) in [5, 5.41) is 14.2. The fourth-order valence-corrected chi connectivity index (χ4v) is 7.94. The topological polar surface area (TPSA) is 145 Å². The molecule has 0 unspecified atom stereocenters. The molecule has 10 nitrogen and oxygen atoms in total. The second-order valence-corrected chi connectivity index (χ2v) is 13.2. The maximum absolute atomic E-state index is 14.2. The number of halogens is 1. The van der Waals surface area contributed by atoms with Crippen molar-refractivity contribution in [2.24, 2.45) is 22.2 Å². The van der Waals surface area contributed by atoms with E-state index in [1.54, 1.807) is 6.07 Å². The maximum Gasteiger partial charge on any atom is 0.286 e. The Morgan fingerprint density at radius 3 is 2.65 bits per heavy atom. The Labute approximate surface area is 213 Å². The highest BCUT2D eigenvalue weighted by Gasteiger charge is 2.57. The number of amidine groups is 1. The summed E-state index contributed by atoms with van der Waals surface area (Å²) in [6.45, 7) is 0. The summed E-state index contributed by atoms with van der Waals surface area (Å²) in [4.78, 5) is 15.1. The van der Waals surface area contributed by atoms with Crippen molar-refractivity contribution in [1.29, 1.82) is 0 Å². The van der Waals surface area contributed by atoms with Crippen LogP contribution >= 0.6 is 0 Å². The molecule has 3 N–H and O–H groups in total. The molecule has 2 aliphatic carbocycles. The lowest BCUT2D eigenvalue weighted by Crippen LogP contribution is -2.54. The molecule has 1 amide bonds. The SMILES string of the molecule is CS(=O)(=O)Nc1ccc2c(c1)S(=O)(=O)N=C(C1=C(O)[C@@H]3[C@H]4CC[C@H](C4)[C@@H]3N(c3cccc(F)c3)C1=O)N2. The number of nitrogens with zero attached hydrogens (tertiary/aromatic N) is 2. The molecule has 2 fully saturated rings. The van der Waals surface area contributed by atoms with E-state index in [0.29, 0.717) is 5.69 Å². The van der Waals surface area contributed by atoms with Gasteiger partial charge in [0.1, 0.15) is 22.0 Å². The van der Waals surface area contributed by atoms with E-state index >= 15 is 0 Å². The molecule has 0 aromatic heterocycles. The third-order valence-corrected chi connectivity index (χ3v) is 9.45. The monoisotopic (exact) mass is 546 g/mol. The zero-order valence-electron chi connectivity index (χ0n) is 19.5. The lowest BCUT2D eigenvalue weighted by molar-refractivity contribution is -0.116. The van der Waals surface area contributed by atoms with Crippen molar-refractivity contribution >= 4 is 48.9 Å². The number of rotatable bonds is 4. The van der Waals surface area contributed by atoms with Gasteiger partial charge in [0.05, 0.1) is 18.0 Å². The number of carbonyl (C=O) groups is 1. The zero-order chi connectivity index (χ0) is 26.3. The molecule has 2 aromatic rings. The molecule has 0 spiro atoms. The summed E-state index contributed by atoms with van der Waals surface area (Å²) in [6, 6.07) is 9.11. The number of benzene rings is 2. The van der Waals surface area contributed by atoms with Crippen LogP contribution in [0.2, 0.25) is 0 Å². The van der Waals surface area contributed by atoms with Crippen LogP contribution in [0.25, 0.3) is 0 Å². The van der Waals surface area contributed by atoms with Crippen molar-refractivity contribution in [3.05, 3.63) is 59.6 Å². The van der Waals surface area contributed by atoms with Gasteiger partial charge in [0, 0.05) is 17.3 Å². The smallest absolute Gasteiger partial charge is 0.286 e. The molecule has 13 heteroatoms. The van der Waals surface area contributed by atoms with Gasteiger partial charge in [-0.3, -0.25) is 9.52 Å². The molecule has 0 radical (unpaired) electrons. The lowest BCUT2D eigenvalue weighted by Gasteiger charge is -2.44. The number of hydrogen-bond acceptors (Lipinski definition) is 7. The van der Waals surface area contributed by atoms with Gasteiger partial charge in [-0.2, -0.15) is 8.42 Å². The highest BCUT2D eigenvalue weighted by Crippen LogP contribution is 2.56. The van der Waals surface area contributed by atoms with Crippen LogP contribution < -0.4 is 14.9 Å². The van der Waals surface area contributed by atoms with E-state index in [-0.39, 0.29) is 51.3 Å². The van der Waals surface area contributed by atoms with Gasteiger partial charge in [-0.25, -0.2) is 12.8 Å². The molecule has 6 rings (SSSR count). The average molecular weight is 547 g/mol. The highest BCUT2D eigenvalue weighted by atomic mass is 32.2. The molecular formula is C24H23FN4O6S2. The average Bonchev–Trinajstić information content (AvgIpc) is 3.41. The third kappa shape index (κ3) is 3.87. The Bertz CT molecular complexity index is 1640. The van der Waals surface area contributed by atoms with Crippen LogP contribution in [0.15, 0.2) is 63.1 Å². The van der Waals surface area contributed by atoms with Gasteiger partial charge in [0.2, 0.25) is 10.0 Å². The van der Waals surface area contributed by atoms with Crippen molar-refractivity contribution in [3.63, 3.8) is 0 Å².